The number of aromatic nitrogens is 1. The van der Waals surface area contributed by atoms with Gasteiger partial charge in [0.15, 0.2) is 0 Å². The molecular formula is C23H28ClF3N4O3S. The Bertz CT molecular complexity index is 1160. The minimum absolute atomic E-state index is 0.0222. The molecule has 1 amide bonds. The normalized spacial score (nSPS) is 18.5. The van der Waals surface area contributed by atoms with Crippen molar-refractivity contribution in [1.82, 2.24) is 15.2 Å². The summed E-state index contributed by atoms with van der Waals surface area (Å²) in [5, 5.41) is -1.44. The van der Waals surface area contributed by atoms with E-state index in [4.69, 9.17) is 11.6 Å². The molecule has 1 fully saturated rings. The number of alkyl halides is 3. The van der Waals surface area contributed by atoms with E-state index in [1.807, 2.05) is 11.6 Å². The summed E-state index contributed by atoms with van der Waals surface area (Å²) in [7, 11) is -3.72. The van der Waals surface area contributed by atoms with E-state index in [0.717, 1.165) is 12.3 Å². The number of benzene rings is 1. The predicted molar refractivity (Wildman–Crippen MR) is 128 cm³/mol. The van der Waals surface area contributed by atoms with Crippen LogP contribution >= 0.6 is 11.6 Å². The molecular weight excluding hydrogens is 505 g/mol. The van der Waals surface area contributed by atoms with Gasteiger partial charge in [0, 0.05) is 31.0 Å². The second kappa shape index (κ2) is 10.3. The van der Waals surface area contributed by atoms with E-state index in [9.17, 15) is 17.6 Å². The van der Waals surface area contributed by atoms with Crippen molar-refractivity contribution in [3.63, 3.8) is 0 Å². The Labute approximate surface area is 208 Å². The first-order valence-electron chi connectivity index (χ1n) is 11.1. The minimum Gasteiger partial charge on any atom is -0.327 e. The van der Waals surface area contributed by atoms with Crippen molar-refractivity contribution in [2.75, 3.05) is 24.1 Å². The summed E-state index contributed by atoms with van der Waals surface area (Å²) in [5.41, 5.74) is -2.48. The molecule has 35 heavy (non-hydrogen) atoms. The fraction of sp³-hybridized carbons (Fsp3) is 0.478. The van der Waals surface area contributed by atoms with Crippen molar-refractivity contribution in [3.05, 3.63) is 59.7 Å². The lowest BCUT2D eigenvalue weighted by Crippen LogP contribution is -2.67. The van der Waals surface area contributed by atoms with Gasteiger partial charge in [-0.05, 0) is 61.0 Å². The second-order valence-corrected chi connectivity index (χ2v) is 11.2. The van der Waals surface area contributed by atoms with Crippen LogP contribution in [0.15, 0.2) is 42.7 Å². The highest BCUT2D eigenvalue weighted by Gasteiger charge is 2.59. The van der Waals surface area contributed by atoms with Gasteiger partial charge in [0.25, 0.3) is 0 Å². The molecule has 7 nitrogen and oxygen atoms in total. The van der Waals surface area contributed by atoms with E-state index in [1.54, 1.807) is 0 Å². The van der Waals surface area contributed by atoms with Gasteiger partial charge in [0.05, 0.1) is 17.9 Å². The number of carbonyl (C=O) groups is 1. The standard InChI is InChI=1S/C23H28ClF3N4O3S/c1-15-8-11-31(12-9-15)22(23(24,26)27,18-5-4-10-28-14-18)29-21(32)16(2)17-6-7-20(19(25)13-17)30-35(3,33)34/h4-7,10,13-16,30H,8-9,11-12H2,1-3H3,(H,29,32). The molecule has 2 aromatic rings. The maximum Gasteiger partial charge on any atom is 0.362 e. The average Bonchev–Trinajstić information content (AvgIpc) is 2.77. The number of piperidine rings is 1. The molecule has 1 aromatic carbocycles. The fourth-order valence-corrected chi connectivity index (χ4v) is 5.03. The number of hydrogen-bond acceptors (Lipinski definition) is 5. The Morgan fingerprint density at radius 1 is 1.26 bits per heavy atom. The molecule has 0 aliphatic carbocycles. The van der Waals surface area contributed by atoms with Gasteiger partial charge < -0.3 is 5.32 Å². The van der Waals surface area contributed by atoms with Crippen molar-refractivity contribution in [1.29, 1.82) is 0 Å². The van der Waals surface area contributed by atoms with Crippen LogP contribution in [0.1, 0.15) is 43.7 Å². The molecule has 12 heteroatoms. The fourth-order valence-electron chi connectivity index (χ4n) is 4.19. The third-order valence-electron chi connectivity index (χ3n) is 6.23. The summed E-state index contributed by atoms with van der Waals surface area (Å²) < 4.78 is 69.9. The van der Waals surface area contributed by atoms with Gasteiger partial charge in [-0.15, -0.1) is 0 Å². The van der Waals surface area contributed by atoms with E-state index in [-0.39, 0.29) is 29.9 Å². The van der Waals surface area contributed by atoms with E-state index >= 15 is 8.78 Å². The number of likely N-dealkylation sites (tertiary alicyclic amines) is 1. The summed E-state index contributed by atoms with van der Waals surface area (Å²) in [6, 6.07) is 6.43. The highest BCUT2D eigenvalue weighted by molar-refractivity contribution is 7.92. The van der Waals surface area contributed by atoms with Gasteiger partial charge in [0.1, 0.15) is 5.82 Å². The van der Waals surface area contributed by atoms with Crippen LogP contribution in [0, 0.1) is 11.7 Å². The average molecular weight is 533 g/mol. The number of nitrogens with one attached hydrogen (secondary N) is 2. The summed E-state index contributed by atoms with van der Waals surface area (Å²) >= 11 is 5.72. The monoisotopic (exact) mass is 532 g/mol. The summed E-state index contributed by atoms with van der Waals surface area (Å²) in [6.07, 6.45) is 4.83. The highest BCUT2D eigenvalue weighted by atomic mass is 35.5. The van der Waals surface area contributed by atoms with E-state index in [2.05, 4.69) is 10.3 Å². The molecule has 3 rings (SSSR count). The molecule has 0 saturated carbocycles. The number of sulfonamides is 1. The Balaban J connectivity index is 1.98. The van der Waals surface area contributed by atoms with E-state index in [0.29, 0.717) is 18.8 Å². The number of rotatable bonds is 8. The SMILES string of the molecule is CC1CCN(C(NC(=O)C(C)c2ccc(NS(C)(=O)=O)c(F)c2)(c2cccnc2)C(F)(F)Cl)CC1. The number of amides is 1. The van der Waals surface area contributed by atoms with Crippen LogP contribution in [0.2, 0.25) is 0 Å². The molecule has 1 saturated heterocycles. The third kappa shape index (κ3) is 6.07. The van der Waals surface area contributed by atoms with Crippen molar-refractivity contribution >= 4 is 33.2 Å². The molecule has 0 bridgehead atoms. The number of nitrogens with zero attached hydrogens (tertiary/aromatic N) is 2. The van der Waals surface area contributed by atoms with Gasteiger partial charge >= 0.3 is 5.38 Å². The van der Waals surface area contributed by atoms with Gasteiger partial charge in [0.2, 0.25) is 21.6 Å². The Kier molecular flexibility index (Phi) is 8.02. The maximum absolute atomic E-state index is 15.3. The number of pyridine rings is 1. The second-order valence-electron chi connectivity index (χ2n) is 8.94. The largest absolute Gasteiger partial charge is 0.362 e. The van der Waals surface area contributed by atoms with Crippen LogP contribution in [-0.2, 0) is 20.5 Å². The molecule has 2 atom stereocenters. The topological polar surface area (TPSA) is 91.4 Å². The lowest BCUT2D eigenvalue weighted by molar-refractivity contribution is -0.149. The van der Waals surface area contributed by atoms with Crippen LogP contribution in [0.3, 0.4) is 0 Å². The Morgan fingerprint density at radius 2 is 1.91 bits per heavy atom. The van der Waals surface area contributed by atoms with Gasteiger partial charge in [-0.2, -0.15) is 8.78 Å². The Morgan fingerprint density at radius 3 is 2.43 bits per heavy atom. The van der Waals surface area contributed by atoms with Crippen LogP contribution in [0.5, 0.6) is 0 Å². The van der Waals surface area contributed by atoms with Crippen molar-refractivity contribution in [2.24, 2.45) is 5.92 Å². The molecule has 2 N–H and O–H groups in total. The first-order chi connectivity index (χ1) is 16.2. The summed E-state index contributed by atoms with van der Waals surface area (Å²) in [4.78, 5) is 18.7. The maximum atomic E-state index is 15.3. The van der Waals surface area contributed by atoms with Gasteiger partial charge in [-0.3, -0.25) is 19.4 Å². The molecule has 1 aliphatic heterocycles. The number of hydrogen-bond donors (Lipinski definition) is 2. The van der Waals surface area contributed by atoms with Crippen LogP contribution in [0.4, 0.5) is 18.9 Å². The van der Waals surface area contributed by atoms with Crippen molar-refractivity contribution < 1.29 is 26.4 Å². The lowest BCUT2D eigenvalue weighted by Gasteiger charge is -2.49. The first kappa shape index (κ1) is 27.2. The van der Waals surface area contributed by atoms with Crippen LogP contribution in [-0.4, -0.2) is 48.9 Å². The molecule has 192 valence electrons. The number of anilines is 1. The summed E-state index contributed by atoms with van der Waals surface area (Å²) in [6.45, 7) is 4.01. The third-order valence-corrected chi connectivity index (χ3v) is 7.10. The smallest absolute Gasteiger partial charge is 0.327 e. The zero-order valence-electron chi connectivity index (χ0n) is 19.6. The minimum atomic E-state index is -3.92. The van der Waals surface area contributed by atoms with Crippen LogP contribution < -0.4 is 10.0 Å². The van der Waals surface area contributed by atoms with E-state index < -0.39 is 38.7 Å². The van der Waals surface area contributed by atoms with Gasteiger partial charge in [-0.1, -0.05) is 19.1 Å². The number of halogens is 4. The lowest BCUT2D eigenvalue weighted by atomic mass is 9.91. The molecule has 2 heterocycles. The molecule has 1 aliphatic rings. The molecule has 0 radical (unpaired) electrons. The van der Waals surface area contributed by atoms with Crippen LogP contribution in [0.25, 0.3) is 0 Å². The van der Waals surface area contributed by atoms with E-state index in [1.165, 1.54) is 48.5 Å². The van der Waals surface area contributed by atoms with Crippen molar-refractivity contribution in [2.45, 2.75) is 43.7 Å². The zero-order chi connectivity index (χ0) is 26.0. The quantitative estimate of drug-likeness (QED) is 0.497. The molecule has 1 aromatic heterocycles. The number of carbonyl (C=O) groups excluding carboxylic acids is 1. The Hall–Kier alpha value is -2.37. The van der Waals surface area contributed by atoms with Crippen molar-refractivity contribution in [3.8, 4) is 0 Å². The van der Waals surface area contributed by atoms with Gasteiger partial charge in [-0.25, -0.2) is 12.8 Å². The zero-order valence-corrected chi connectivity index (χ0v) is 21.1. The first-order valence-corrected chi connectivity index (χ1v) is 13.3. The highest BCUT2D eigenvalue weighted by Crippen LogP contribution is 2.45. The predicted octanol–water partition coefficient (Wildman–Crippen LogP) is 4.23. The molecule has 0 spiro atoms. The molecule has 2 unspecified atom stereocenters. The summed E-state index contributed by atoms with van der Waals surface area (Å²) in [5.74, 6) is -2.44.